The normalized spacial score (nSPS) is 11.1. The highest BCUT2D eigenvalue weighted by atomic mass is 32.1. The van der Waals surface area contributed by atoms with Crippen molar-refractivity contribution in [3.05, 3.63) is 77.8 Å². The Balaban J connectivity index is 1.67. The predicted molar refractivity (Wildman–Crippen MR) is 119 cm³/mol. The molecule has 2 aromatic heterocycles. The van der Waals surface area contributed by atoms with Crippen LogP contribution >= 0.6 is 11.3 Å². The molecule has 0 saturated carbocycles. The maximum atomic E-state index is 11.5. The molecule has 29 heavy (non-hydrogen) atoms. The van der Waals surface area contributed by atoms with Crippen LogP contribution in [0.1, 0.15) is 5.56 Å². The van der Waals surface area contributed by atoms with Gasteiger partial charge in [0.05, 0.1) is 0 Å². The Hall–Kier alpha value is -3.64. The van der Waals surface area contributed by atoms with Crippen molar-refractivity contribution in [2.24, 2.45) is 0 Å². The number of carbonyl (C=O) groups excluding carboxylic acids is 1. The number of carbonyl (C=O) groups is 1. The van der Waals surface area contributed by atoms with Crippen molar-refractivity contribution in [1.82, 2.24) is 10.3 Å². The highest BCUT2D eigenvalue weighted by Crippen LogP contribution is 2.39. The number of likely N-dealkylation sites (N-methyl/N-ethyl adjacent to an activating group) is 1. The van der Waals surface area contributed by atoms with Crippen LogP contribution in [0.4, 0.5) is 5.82 Å². The second-order valence-corrected chi connectivity index (χ2v) is 7.22. The number of nitrogens with one attached hydrogen (secondary N) is 1. The number of amides is 1. The van der Waals surface area contributed by atoms with Gasteiger partial charge >= 0.3 is 0 Å². The van der Waals surface area contributed by atoms with Crippen LogP contribution in [-0.4, -0.2) is 17.9 Å². The van der Waals surface area contributed by atoms with Gasteiger partial charge in [-0.2, -0.15) is 0 Å². The van der Waals surface area contributed by atoms with Crippen LogP contribution in [-0.2, 0) is 4.79 Å². The molecular weight excluding hydrogens is 382 g/mol. The summed E-state index contributed by atoms with van der Waals surface area (Å²) in [6.45, 7) is 0. The lowest BCUT2D eigenvalue weighted by Gasteiger charge is -2.07. The smallest absolute Gasteiger partial charge is 0.243 e. The molecule has 4 aromatic rings. The minimum Gasteiger partial charge on any atom is -0.457 e. The molecule has 1 amide bonds. The molecule has 4 rings (SSSR count). The molecule has 0 aliphatic carbocycles. The van der Waals surface area contributed by atoms with E-state index >= 15 is 0 Å². The first-order valence-corrected chi connectivity index (χ1v) is 9.92. The SMILES string of the molecule is CNC(=O)/C=C/c1cnc(N)c2c(-c3ccc(Oc4ccccc4)cc3)csc12. The molecule has 3 N–H and O–H groups in total. The fourth-order valence-electron chi connectivity index (χ4n) is 2.99. The molecule has 0 saturated heterocycles. The Bertz CT molecular complexity index is 1180. The lowest BCUT2D eigenvalue weighted by molar-refractivity contribution is -0.115. The summed E-state index contributed by atoms with van der Waals surface area (Å²) in [6, 6.07) is 17.5. The van der Waals surface area contributed by atoms with Crippen molar-refractivity contribution in [3.8, 4) is 22.6 Å². The summed E-state index contributed by atoms with van der Waals surface area (Å²) in [4.78, 5) is 15.8. The quantitative estimate of drug-likeness (QED) is 0.456. The second kappa shape index (κ2) is 8.16. The largest absolute Gasteiger partial charge is 0.457 e. The van der Waals surface area contributed by atoms with Gasteiger partial charge in [0.1, 0.15) is 17.3 Å². The standard InChI is InChI=1S/C23H19N3O2S/c1-25-20(27)12-9-16-13-26-23(24)21-19(14-29-22(16)21)15-7-10-18(11-8-15)28-17-5-3-2-4-6-17/h2-14H,1H3,(H2,24,26)(H,25,27)/b12-9+. The highest BCUT2D eigenvalue weighted by Gasteiger charge is 2.13. The third-order valence-electron chi connectivity index (χ3n) is 4.46. The third-order valence-corrected chi connectivity index (χ3v) is 5.49. The number of para-hydroxylation sites is 1. The molecule has 0 spiro atoms. The van der Waals surface area contributed by atoms with Gasteiger partial charge in [-0.1, -0.05) is 30.3 Å². The van der Waals surface area contributed by atoms with Crippen molar-refractivity contribution in [3.63, 3.8) is 0 Å². The van der Waals surface area contributed by atoms with Gasteiger partial charge < -0.3 is 15.8 Å². The second-order valence-electron chi connectivity index (χ2n) is 6.34. The minimum absolute atomic E-state index is 0.166. The Kier molecular flexibility index (Phi) is 5.27. The minimum atomic E-state index is -0.166. The lowest BCUT2D eigenvalue weighted by atomic mass is 10.0. The topological polar surface area (TPSA) is 77.2 Å². The van der Waals surface area contributed by atoms with E-state index in [0.29, 0.717) is 5.82 Å². The molecule has 2 heterocycles. The van der Waals surface area contributed by atoms with Crippen LogP contribution in [0.3, 0.4) is 0 Å². The molecule has 0 fully saturated rings. The zero-order valence-electron chi connectivity index (χ0n) is 15.8. The summed E-state index contributed by atoms with van der Waals surface area (Å²) in [5, 5.41) is 5.53. The molecule has 0 unspecified atom stereocenters. The van der Waals surface area contributed by atoms with Gasteiger partial charge in [-0.3, -0.25) is 4.79 Å². The molecule has 2 aromatic carbocycles. The Morgan fingerprint density at radius 2 is 1.83 bits per heavy atom. The van der Waals surface area contributed by atoms with Gasteiger partial charge in [0.2, 0.25) is 5.91 Å². The van der Waals surface area contributed by atoms with Crippen LogP contribution in [0.15, 0.2) is 72.3 Å². The van der Waals surface area contributed by atoms with Gasteiger partial charge in [-0.15, -0.1) is 11.3 Å². The maximum absolute atomic E-state index is 11.5. The summed E-state index contributed by atoms with van der Waals surface area (Å²) < 4.78 is 6.86. The summed E-state index contributed by atoms with van der Waals surface area (Å²) in [7, 11) is 1.60. The number of nitrogens with two attached hydrogens (primary N) is 1. The molecule has 144 valence electrons. The number of ether oxygens (including phenoxy) is 1. The average Bonchev–Trinajstić information content (AvgIpc) is 3.20. The molecular formula is C23H19N3O2S. The zero-order chi connectivity index (χ0) is 20.2. The predicted octanol–water partition coefficient (Wildman–Crippen LogP) is 5.10. The average molecular weight is 401 g/mol. The van der Waals surface area contributed by atoms with Crippen molar-refractivity contribution < 1.29 is 9.53 Å². The third kappa shape index (κ3) is 3.97. The summed E-state index contributed by atoms with van der Waals surface area (Å²) in [6.07, 6.45) is 4.93. The van der Waals surface area contributed by atoms with Gasteiger partial charge in [0, 0.05) is 40.5 Å². The van der Waals surface area contributed by atoms with E-state index in [2.05, 4.69) is 15.7 Å². The van der Waals surface area contributed by atoms with Crippen LogP contribution in [0.5, 0.6) is 11.5 Å². The van der Waals surface area contributed by atoms with Crippen molar-refractivity contribution in [2.45, 2.75) is 0 Å². The first kappa shape index (κ1) is 18.7. The fraction of sp³-hybridized carbons (Fsp3) is 0.0435. The van der Waals surface area contributed by atoms with E-state index in [9.17, 15) is 4.79 Å². The van der Waals surface area contributed by atoms with E-state index in [0.717, 1.165) is 38.3 Å². The number of hydrogen-bond donors (Lipinski definition) is 2. The summed E-state index contributed by atoms with van der Waals surface area (Å²) in [5.74, 6) is 1.86. The van der Waals surface area contributed by atoms with Crippen molar-refractivity contribution >= 4 is 39.2 Å². The summed E-state index contributed by atoms with van der Waals surface area (Å²) in [5.41, 5.74) is 9.08. The van der Waals surface area contributed by atoms with Crippen LogP contribution in [0.2, 0.25) is 0 Å². The molecule has 0 atom stereocenters. The van der Waals surface area contributed by atoms with E-state index < -0.39 is 0 Å². The Morgan fingerprint density at radius 1 is 1.10 bits per heavy atom. The van der Waals surface area contributed by atoms with Gasteiger partial charge in [-0.25, -0.2) is 4.98 Å². The Labute approximate surface area is 172 Å². The highest BCUT2D eigenvalue weighted by molar-refractivity contribution is 7.18. The molecule has 0 radical (unpaired) electrons. The van der Waals surface area contributed by atoms with Gasteiger partial charge in [-0.05, 0) is 41.3 Å². The van der Waals surface area contributed by atoms with Gasteiger partial charge in [0.15, 0.2) is 0 Å². The van der Waals surface area contributed by atoms with Gasteiger partial charge in [0.25, 0.3) is 0 Å². The first-order valence-electron chi connectivity index (χ1n) is 9.04. The van der Waals surface area contributed by atoms with Crippen LogP contribution in [0.25, 0.3) is 27.3 Å². The number of nitrogen functional groups attached to an aromatic ring is 1. The number of rotatable bonds is 5. The number of hydrogen-bond acceptors (Lipinski definition) is 5. The first-order chi connectivity index (χ1) is 14.2. The molecule has 5 nitrogen and oxygen atoms in total. The lowest BCUT2D eigenvalue weighted by Crippen LogP contribution is -2.13. The molecule has 0 aliphatic rings. The number of thiophene rings is 1. The van der Waals surface area contributed by atoms with Crippen LogP contribution < -0.4 is 15.8 Å². The molecule has 0 aliphatic heterocycles. The summed E-state index contributed by atoms with van der Waals surface area (Å²) >= 11 is 1.58. The number of anilines is 1. The number of nitrogens with zero attached hydrogens (tertiary/aromatic N) is 1. The van der Waals surface area contributed by atoms with Crippen molar-refractivity contribution in [2.75, 3.05) is 12.8 Å². The molecule has 0 bridgehead atoms. The van der Waals surface area contributed by atoms with E-state index in [1.807, 2.05) is 54.6 Å². The van der Waals surface area contributed by atoms with Crippen molar-refractivity contribution in [1.29, 1.82) is 0 Å². The monoisotopic (exact) mass is 401 g/mol. The van der Waals surface area contributed by atoms with Crippen LogP contribution in [0, 0.1) is 0 Å². The number of fused-ring (bicyclic) bond motifs is 1. The van der Waals surface area contributed by atoms with E-state index in [-0.39, 0.29) is 5.91 Å². The number of benzene rings is 2. The van der Waals surface area contributed by atoms with E-state index in [1.54, 1.807) is 30.7 Å². The zero-order valence-corrected chi connectivity index (χ0v) is 16.6. The fourth-order valence-corrected chi connectivity index (χ4v) is 4.07. The van der Waals surface area contributed by atoms with E-state index in [4.69, 9.17) is 10.5 Å². The maximum Gasteiger partial charge on any atom is 0.243 e. The number of aromatic nitrogens is 1. The number of pyridine rings is 1. The molecule has 6 heteroatoms. The van der Waals surface area contributed by atoms with E-state index in [1.165, 1.54) is 6.08 Å². The Morgan fingerprint density at radius 3 is 2.55 bits per heavy atom.